The van der Waals surface area contributed by atoms with Gasteiger partial charge in [0.25, 0.3) is 0 Å². The molecule has 4 aromatic rings. The molecule has 0 atom stereocenters. The van der Waals surface area contributed by atoms with Gasteiger partial charge in [-0.2, -0.15) is 0 Å². The van der Waals surface area contributed by atoms with E-state index in [9.17, 15) is 9.90 Å². The first kappa shape index (κ1) is 22.5. The lowest BCUT2D eigenvalue weighted by Gasteiger charge is -2.12. The van der Waals surface area contributed by atoms with Crippen molar-refractivity contribution in [2.24, 2.45) is 0 Å². The van der Waals surface area contributed by atoms with Crippen molar-refractivity contribution in [3.05, 3.63) is 83.6 Å². The Hall–Kier alpha value is -3.72. The number of rotatable bonds is 9. The van der Waals surface area contributed by atoms with Crippen LogP contribution in [-0.2, 0) is 17.9 Å². The summed E-state index contributed by atoms with van der Waals surface area (Å²) in [6.45, 7) is 5.07. The number of furan rings is 1. The number of carbonyl (C=O) groups excluding carboxylic acids is 1. The number of hydrogen-bond acceptors (Lipinski definition) is 7. The molecule has 1 amide bonds. The van der Waals surface area contributed by atoms with Gasteiger partial charge in [-0.05, 0) is 49.7 Å². The van der Waals surface area contributed by atoms with Gasteiger partial charge in [0, 0.05) is 17.4 Å². The highest BCUT2D eigenvalue weighted by Crippen LogP contribution is 2.22. The molecule has 0 aliphatic carbocycles. The van der Waals surface area contributed by atoms with Crippen molar-refractivity contribution in [3.63, 3.8) is 0 Å². The van der Waals surface area contributed by atoms with E-state index in [-0.39, 0.29) is 17.4 Å². The zero-order chi connectivity index (χ0) is 23.2. The lowest BCUT2D eigenvalue weighted by atomic mass is 10.1. The summed E-state index contributed by atoms with van der Waals surface area (Å²) >= 11 is 1.29. The van der Waals surface area contributed by atoms with Crippen molar-refractivity contribution in [1.29, 1.82) is 0 Å². The van der Waals surface area contributed by atoms with Gasteiger partial charge < -0.3 is 20.2 Å². The molecule has 33 heavy (non-hydrogen) atoms. The van der Waals surface area contributed by atoms with Crippen LogP contribution in [0.25, 0.3) is 0 Å². The predicted molar refractivity (Wildman–Crippen MR) is 129 cm³/mol. The van der Waals surface area contributed by atoms with Crippen LogP contribution in [0.5, 0.6) is 5.75 Å². The molecule has 0 aliphatic rings. The maximum atomic E-state index is 12.4. The molecular weight excluding hydrogens is 438 g/mol. The smallest absolute Gasteiger partial charge is 0.234 e. The summed E-state index contributed by atoms with van der Waals surface area (Å²) in [5.41, 5.74) is 3.94. The molecule has 170 valence electrons. The summed E-state index contributed by atoms with van der Waals surface area (Å²) in [6.07, 6.45) is 1.63. The number of carbonyl (C=O) groups is 1. The zero-order valence-electron chi connectivity index (χ0n) is 18.4. The minimum absolute atomic E-state index is 0.0969. The minimum Gasteiger partial charge on any atom is -0.508 e. The van der Waals surface area contributed by atoms with Crippen LogP contribution in [-0.4, -0.2) is 31.5 Å². The van der Waals surface area contributed by atoms with E-state index in [1.165, 1.54) is 23.4 Å². The fraction of sp³-hybridized carbons (Fsp3) is 0.208. The van der Waals surface area contributed by atoms with E-state index in [0.717, 1.165) is 22.8 Å². The Balaban J connectivity index is 1.46. The molecule has 0 bridgehead atoms. The molecule has 0 unspecified atom stereocenters. The largest absolute Gasteiger partial charge is 0.508 e. The molecule has 0 saturated heterocycles. The minimum atomic E-state index is -0.201. The Bertz CT molecular complexity index is 1240. The first-order chi connectivity index (χ1) is 16.0. The Kier molecular flexibility index (Phi) is 6.99. The third kappa shape index (κ3) is 5.95. The molecule has 2 heterocycles. The van der Waals surface area contributed by atoms with E-state index in [4.69, 9.17) is 4.42 Å². The third-order valence-electron chi connectivity index (χ3n) is 4.97. The highest BCUT2D eigenvalue weighted by molar-refractivity contribution is 7.99. The third-order valence-corrected chi connectivity index (χ3v) is 5.94. The topological polar surface area (TPSA) is 105 Å². The average Bonchev–Trinajstić information content (AvgIpc) is 3.42. The Morgan fingerprint density at radius 2 is 2.00 bits per heavy atom. The number of amides is 1. The van der Waals surface area contributed by atoms with Crippen molar-refractivity contribution in [2.45, 2.75) is 32.1 Å². The molecule has 0 spiro atoms. The molecule has 8 nitrogen and oxygen atoms in total. The van der Waals surface area contributed by atoms with Gasteiger partial charge in [0.15, 0.2) is 11.0 Å². The number of aromatic nitrogens is 3. The maximum absolute atomic E-state index is 12.4. The van der Waals surface area contributed by atoms with Crippen molar-refractivity contribution in [2.75, 3.05) is 16.4 Å². The van der Waals surface area contributed by atoms with Crippen molar-refractivity contribution in [1.82, 2.24) is 14.8 Å². The number of nitrogens with zero attached hydrogens (tertiary/aromatic N) is 3. The van der Waals surface area contributed by atoms with E-state index in [1.807, 2.05) is 16.7 Å². The molecule has 0 fully saturated rings. The number of aromatic hydroxyl groups is 1. The monoisotopic (exact) mass is 463 g/mol. The Labute approximate surface area is 196 Å². The fourth-order valence-corrected chi connectivity index (χ4v) is 4.13. The molecule has 2 aromatic heterocycles. The van der Waals surface area contributed by atoms with Crippen LogP contribution in [0, 0.1) is 13.8 Å². The summed E-state index contributed by atoms with van der Waals surface area (Å²) in [7, 11) is 0. The average molecular weight is 464 g/mol. The molecule has 0 aliphatic heterocycles. The number of anilines is 2. The molecule has 0 saturated carbocycles. The summed E-state index contributed by atoms with van der Waals surface area (Å²) < 4.78 is 7.46. The molecular formula is C24H25N5O3S. The van der Waals surface area contributed by atoms with E-state index < -0.39 is 0 Å². The van der Waals surface area contributed by atoms with Crippen LogP contribution in [0.3, 0.4) is 0 Å². The van der Waals surface area contributed by atoms with Gasteiger partial charge in [-0.3, -0.25) is 9.36 Å². The molecule has 2 aromatic carbocycles. The first-order valence-electron chi connectivity index (χ1n) is 10.4. The van der Waals surface area contributed by atoms with Gasteiger partial charge >= 0.3 is 0 Å². The zero-order valence-corrected chi connectivity index (χ0v) is 19.2. The second-order valence-corrected chi connectivity index (χ2v) is 8.57. The number of benzene rings is 2. The Morgan fingerprint density at radius 1 is 1.12 bits per heavy atom. The quantitative estimate of drug-likeness (QED) is 0.312. The number of hydrogen-bond donors (Lipinski definition) is 3. The first-order valence-corrected chi connectivity index (χ1v) is 11.4. The molecule has 0 radical (unpaired) electrons. The number of phenolic OH excluding ortho intramolecular Hbond substituents is 1. The van der Waals surface area contributed by atoms with E-state index >= 15 is 0 Å². The van der Waals surface area contributed by atoms with Gasteiger partial charge in [-0.1, -0.05) is 35.5 Å². The summed E-state index contributed by atoms with van der Waals surface area (Å²) in [6, 6.07) is 16.4. The highest BCUT2D eigenvalue weighted by atomic mass is 32.2. The van der Waals surface area contributed by atoms with E-state index in [2.05, 4.69) is 52.9 Å². The maximum Gasteiger partial charge on any atom is 0.234 e. The molecule has 9 heteroatoms. The van der Waals surface area contributed by atoms with Crippen LogP contribution >= 0.6 is 11.8 Å². The van der Waals surface area contributed by atoms with Gasteiger partial charge in [0.05, 0.1) is 25.1 Å². The summed E-state index contributed by atoms with van der Waals surface area (Å²) in [5.74, 6) is 1.56. The lowest BCUT2D eigenvalue weighted by molar-refractivity contribution is -0.113. The van der Waals surface area contributed by atoms with E-state index in [0.29, 0.717) is 23.9 Å². The highest BCUT2D eigenvalue weighted by Gasteiger charge is 2.16. The van der Waals surface area contributed by atoms with E-state index in [1.54, 1.807) is 24.5 Å². The number of phenols is 1. The van der Waals surface area contributed by atoms with Crippen LogP contribution in [0.4, 0.5) is 11.4 Å². The second-order valence-electron chi connectivity index (χ2n) is 7.62. The van der Waals surface area contributed by atoms with Crippen LogP contribution in [0.1, 0.15) is 22.7 Å². The number of nitrogens with one attached hydrogen (secondary N) is 2. The van der Waals surface area contributed by atoms with Crippen molar-refractivity contribution < 1.29 is 14.3 Å². The predicted octanol–water partition coefficient (Wildman–Crippen LogP) is 4.58. The van der Waals surface area contributed by atoms with Crippen molar-refractivity contribution >= 4 is 29.0 Å². The van der Waals surface area contributed by atoms with Gasteiger partial charge in [-0.25, -0.2) is 0 Å². The Morgan fingerprint density at radius 3 is 2.76 bits per heavy atom. The number of aryl methyl sites for hydroxylation is 2. The lowest BCUT2D eigenvalue weighted by Crippen LogP contribution is -2.15. The summed E-state index contributed by atoms with van der Waals surface area (Å²) in [5, 5.41) is 25.1. The fourth-order valence-electron chi connectivity index (χ4n) is 3.37. The molecule has 4 rings (SSSR count). The normalized spacial score (nSPS) is 10.8. The van der Waals surface area contributed by atoms with Crippen LogP contribution < -0.4 is 10.6 Å². The van der Waals surface area contributed by atoms with Gasteiger partial charge in [0.2, 0.25) is 5.91 Å². The van der Waals surface area contributed by atoms with Crippen LogP contribution in [0.15, 0.2) is 70.4 Å². The SMILES string of the molecule is Cc1ccc(NCc2nnc(SCC(=O)Nc3cccc(O)c3)n2Cc2ccco2)c(C)c1. The van der Waals surface area contributed by atoms with Gasteiger partial charge in [0.1, 0.15) is 11.5 Å². The number of thioether (sulfide) groups is 1. The van der Waals surface area contributed by atoms with Crippen LogP contribution in [0.2, 0.25) is 0 Å². The standard InChI is InChI=1S/C24H25N5O3S/c1-16-8-9-21(17(2)11-16)25-13-22-27-28-24(29(22)14-20-7-4-10-32-20)33-15-23(31)26-18-5-3-6-19(30)12-18/h3-12,25,30H,13-15H2,1-2H3,(H,26,31). The van der Waals surface area contributed by atoms with Gasteiger partial charge in [-0.15, -0.1) is 10.2 Å². The summed E-state index contributed by atoms with van der Waals surface area (Å²) in [4.78, 5) is 12.4. The van der Waals surface area contributed by atoms with Crippen molar-refractivity contribution in [3.8, 4) is 5.75 Å². The second kappa shape index (κ2) is 10.3. The molecule has 3 N–H and O–H groups in total.